The molecule has 0 aromatic heterocycles. The SMILES string of the molecule is CONc1ccc(NC2CCN(C(=O)CCN3CCN(c4ccc(OCc5ccccc5)cc4)CC3)CC2)cc1C(F)(F)F. The zero-order valence-corrected chi connectivity index (χ0v) is 25.0. The second-order valence-electron chi connectivity index (χ2n) is 11.2. The number of carbonyl (C=O) groups is 1. The number of hydrogen-bond acceptors (Lipinski definition) is 7. The Bertz CT molecular complexity index is 1340. The monoisotopic (exact) mass is 611 g/mol. The van der Waals surface area contributed by atoms with Crippen LogP contribution in [0.4, 0.5) is 30.2 Å². The van der Waals surface area contributed by atoms with Gasteiger partial charge in [0.05, 0.1) is 18.4 Å². The molecule has 0 atom stereocenters. The lowest BCUT2D eigenvalue weighted by molar-refractivity contribution is -0.137. The van der Waals surface area contributed by atoms with Crippen molar-refractivity contribution >= 4 is 23.0 Å². The Morgan fingerprint density at radius 1 is 0.909 bits per heavy atom. The van der Waals surface area contributed by atoms with Crippen LogP contribution in [0.5, 0.6) is 5.75 Å². The van der Waals surface area contributed by atoms with Gasteiger partial charge in [-0.3, -0.25) is 20.0 Å². The number of nitrogens with zero attached hydrogens (tertiary/aromatic N) is 3. The van der Waals surface area contributed by atoms with Crippen molar-refractivity contribution in [2.75, 3.05) is 68.6 Å². The maximum Gasteiger partial charge on any atom is 0.418 e. The molecule has 2 fully saturated rings. The molecule has 2 saturated heterocycles. The Labute approximate surface area is 256 Å². The van der Waals surface area contributed by atoms with Crippen molar-refractivity contribution in [2.45, 2.75) is 38.1 Å². The summed E-state index contributed by atoms with van der Waals surface area (Å²) in [4.78, 5) is 24.2. The minimum absolute atomic E-state index is 0.000985. The number of piperidine rings is 1. The van der Waals surface area contributed by atoms with Gasteiger partial charge in [-0.1, -0.05) is 30.3 Å². The zero-order chi connectivity index (χ0) is 30.9. The van der Waals surface area contributed by atoms with E-state index in [0.29, 0.717) is 44.6 Å². The summed E-state index contributed by atoms with van der Waals surface area (Å²) in [6.45, 7) is 6.02. The third-order valence-corrected chi connectivity index (χ3v) is 8.22. The molecule has 236 valence electrons. The maximum absolute atomic E-state index is 13.5. The normalized spacial score (nSPS) is 16.5. The van der Waals surface area contributed by atoms with Gasteiger partial charge in [-0.15, -0.1) is 0 Å². The van der Waals surface area contributed by atoms with Crippen molar-refractivity contribution in [3.8, 4) is 5.75 Å². The summed E-state index contributed by atoms with van der Waals surface area (Å²) >= 11 is 0. The third-order valence-electron chi connectivity index (χ3n) is 8.22. The van der Waals surface area contributed by atoms with Gasteiger partial charge in [-0.2, -0.15) is 13.2 Å². The summed E-state index contributed by atoms with van der Waals surface area (Å²) in [6.07, 6.45) is -2.68. The van der Waals surface area contributed by atoms with E-state index in [4.69, 9.17) is 4.74 Å². The molecule has 2 aliphatic heterocycles. The molecular formula is C33H40F3N5O3. The fourth-order valence-corrected chi connectivity index (χ4v) is 5.71. The predicted molar refractivity (Wildman–Crippen MR) is 166 cm³/mol. The van der Waals surface area contributed by atoms with E-state index in [1.54, 1.807) is 6.07 Å². The Balaban J connectivity index is 1.00. The van der Waals surface area contributed by atoms with Gasteiger partial charge in [0.1, 0.15) is 12.4 Å². The van der Waals surface area contributed by atoms with Gasteiger partial charge in [0.25, 0.3) is 0 Å². The summed E-state index contributed by atoms with van der Waals surface area (Å²) in [5.41, 5.74) is 4.06. The lowest BCUT2D eigenvalue weighted by Gasteiger charge is -2.37. The quantitative estimate of drug-likeness (QED) is 0.263. The fourth-order valence-electron chi connectivity index (χ4n) is 5.71. The number of hydrogen-bond donors (Lipinski definition) is 2. The van der Waals surface area contributed by atoms with E-state index in [9.17, 15) is 18.0 Å². The van der Waals surface area contributed by atoms with E-state index < -0.39 is 11.7 Å². The van der Waals surface area contributed by atoms with E-state index >= 15 is 0 Å². The molecule has 3 aromatic carbocycles. The standard InChI is InChI=1S/C33H40F3N5O3/c1-43-38-31-12-7-27(23-30(31)33(34,35)36)37-26-13-17-41(18-14-26)32(42)15-16-39-19-21-40(22-20-39)28-8-10-29(11-9-28)44-24-25-5-3-2-4-6-25/h2-12,23,26,37-38H,13-22,24H2,1H3. The van der Waals surface area contributed by atoms with Crippen LogP contribution in [-0.4, -0.2) is 74.7 Å². The molecule has 0 bridgehead atoms. The molecule has 1 amide bonds. The highest BCUT2D eigenvalue weighted by Crippen LogP contribution is 2.37. The summed E-state index contributed by atoms with van der Waals surface area (Å²) in [5, 5.41) is 3.21. The molecule has 2 N–H and O–H groups in total. The molecule has 2 heterocycles. The number of benzene rings is 3. The van der Waals surface area contributed by atoms with Gasteiger partial charge < -0.3 is 19.9 Å². The van der Waals surface area contributed by atoms with Gasteiger partial charge in [-0.25, -0.2) is 0 Å². The number of ether oxygens (including phenoxy) is 1. The van der Waals surface area contributed by atoms with Crippen molar-refractivity contribution in [1.82, 2.24) is 9.80 Å². The van der Waals surface area contributed by atoms with Crippen molar-refractivity contribution in [3.05, 3.63) is 83.9 Å². The van der Waals surface area contributed by atoms with Crippen LogP contribution < -0.4 is 20.4 Å². The number of piperazine rings is 1. The van der Waals surface area contributed by atoms with E-state index in [2.05, 4.69) is 37.6 Å². The first-order valence-electron chi connectivity index (χ1n) is 15.1. The van der Waals surface area contributed by atoms with Gasteiger partial charge in [0.2, 0.25) is 5.91 Å². The van der Waals surface area contributed by atoms with Crippen LogP contribution in [0.3, 0.4) is 0 Å². The zero-order valence-electron chi connectivity index (χ0n) is 25.0. The highest BCUT2D eigenvalue weighted by atomic mass is 19.4. The molecule has 0 saturated carbocycles. The molecule has 2 aliphatic rings. The number of halogens is 3. The Hall–Kier alpha value is -3.96. The second-order valence-corrected chi connectivity index (χ2v) is 11.2. The molecule has 8 nitrogen and oxygen atoms in total. The first-order valence-corrected chi connectivity index (χ1v) is 15.1. The molecule has 0 spiro atoms. The van der Waals surface area contributed by atoms with Crippen LogP contribution in [0.1, 0.15) is 30.4 Å². The smallest absolute Gasteiger partial charge is 0.418 e. The van der Waals surface area contributed by atoms with E-state index in [-0.39, 0.29) is 17.6 Å². The fraction of sp³-hybridized carbons (Fsp3) is 0.424. The first kappa shape index (κ1) is 31.5. The average Bonchev–Trinajstić information content (AvgIpc) is 3.04. The largest absolute Gasteiger partial charge is 0.489 e. The molecule has 0 unspecified atom stereocenters. The van der Waals surface area contributed by atoms with Gasteiger partial charge in [0.15, 0.2) is 0 Å². The Morgan fingerprint density at radius 3 is 2.27 bits per heavy atom. The number of nitrogens with one attached hydrogen (secondary N) is 2. The second kappa shape index (κ2) is 14.7. The Kier molecular flexibility index (Phi) is 10.5. The number of likely N-dealkylation sites (tertiary alicyclic amines) is 1. The first-order chi connectivity index (χ1) is 21.3. The van der Waals surface area contributed by atoms with E-state index in [1.165, 1.54) is 18.9 Å². The van der Waals surface area contributed by atoms with Gasteiger partial charge in [0, 0.05) is 69.7 Å². The predicted octanol–water partition coefficient (Wildman–Crippen LogP) is 5.87. The van der Waals surface area contributed by atoms with Gasteiger partial charge >= 0.3 is 6.18 Å². The Morgan fingerprint density at radius 2 is 1.61 bits per heavy atom. The molecule has 0 radical (unpaired) electrons. The van der Waals surface area contributed by atoms with Crippen molar-refractivity contribution < 1.29 is 27.5 Å². The number of carbonyl (C=O) groups excluding carboxylic acids is 1. The van der Waals surface area contributed by atoms with E-state index in [1.807, 2.05) is 47.4 Å². The number of amides is 1. The molecule has 5 rings (SSSR count). The summed E-state index contributed by atoms with van der Waals surface area (Å²) in [7, 11) is 1.27. The van der Waals surface area contributed by atoms with Crippen molar-refractivity contribution in [2.24, 2.45) is 0 Å². The molecule has 11 heteroatoms. The lowest BCUT2D eigenvalue weighted by Crippen LogP contribution is -2.48. The third kappa shape index (κ3) is 8.57. The summed E-state index contributed by atoms with van der Waals surface area (Å²) < 4.78 is 46.3. The summed E-state index contributed by atoms with van der Waals surface area (Å²) in [6, 6.07) is 22.4. The van der Waals surface area contributed by atoms with Crippen LogP contribution in [0.25, 0.3) is 0 Å². The maximum atomic E-state index is 13.5. The van der Waals surface area contributed by atoms with E-state index in [0.717, 1.165) is 50.1 Å². The van der Waals surface area contributed by atoms with Crippen molar-refractivity contribution in [3.63, 3.8) is 0 Å². The average molecular weight is 612 g/mol. The molecule has 44 heavy (non-hydrogen) atoms. The van der Waals surface area contributed by atoms with Crippen LogP contribution in [0.2, 0.25) is 0 Å². The topological polar surface area (TPSA) is 69.3 Å². The van der Waals surface area contributed by atoms with Crippen LogP contribution in [0.15, 0.2) is 72.8 Å². The minimum atomic E-state index is -4.51. The highest BCUT2D eigenvalue weighted by molar-refractivity contribution is 5.76. The molecular weight excluding hydrogens is 571 g/mol. The number of alkyl halides is 3. The minimum Gasteiger partial charge on any atom is -0.489 e. The summed E-state index contributed by atoms with van der Waals surface area (Å²) in [5.74, 6) is 0.977. The highest BCUT2D eigenvalue weighted by Gasteiger charge is 2.34. The molecule has 3 aromatic rings. The molecule has 0 aliphatic carbocycles. The van der Waals surface area contributed by atoms with Crippen LogP contribution in [-0.2, 0) is 22.4 Å². The van der Waals surface area contributed by atoms with Crippen LogP contribution in [0, 0.1) is 0 Å². The number of rotatable bonds is 11. The van der Waals surface area contributed by atoms with Gasteiger partial charge in [-0.05, 0) is 60.9 Å². The van der Waals surface area contributed by atoms with Crippen molar-refractivity contribution in [1.29, 1.82) is 0 Å². The lowest BCUT2D eigenvalue weighted by atomic mass is 10.0. The number of anilines is 3. The van der Waals surface area contributed by atoms with Crippen LogP contribution >= 0.6 is 0 Å².